The molecule has 0 fully saturated rings. The number of hydrogen-bond acceptors (Lipinski definition) is 3. The second kappa shape index (κ2) is 28.9. The van der Waals surface area contributed by atoms with E-state index in [0.29, 0.717) is 39.0 Å². The lowest BCUT2D eigenvalue weighted by molar-refractivity contribution is -0.131. The highest BCUT2D eigenvalue weighted by atomic mass is 16.2. The molecule has 0 aliphatic heterocycles. The molecule has 5 nitrogen and oxygen atoms in total. The summed E-state index contributed by atoms with van der Waals surface area (Å²) in [4.78, 5) is 26.6. The van der Waals surface area contributed by atoms with Crippen LogP contribution in [0.15, 0.2) is 24.3 Å². The van der Waals surface area contributed by atoms with Gasteiger partial charge in [-0.1, -0.05) is 102 Å². The highest BCUT2D eigenvalue weighted by molar-refractivity contribution is 5.77. The van der Waals surface area contributed by atoms with Crippen LogP contribution in [0.2, 0.25) is 0 Å². The Bertz CT molecular complexity index is 574. The Morgan fingerprint density at radius 1 is 0.622 bits per heavy atom. The Kier molecular flexibility index (Phi) is 27.7. The zero-order valence-corrected chi connectivity index (χ0v) is 24.6. The van der Waals surface area contributed by atoms with E-state index in [4.69, 9.17) is 5.73 Å². The van der Waals surface area contributed by atoms with Crippen LogP contribution >= 0.6 is 0 Å². The molecule has 0 atom stereocenters. The fourth-order valence-electron chi connectivity index (χ4n) is 4.36. The molecule has 0 rings (SSSR count). The van der Waals surface area contributed by atoms with Crippen molar-refractivity contribution in [3.05, 3.63) is 24.3 Å². The minimum Gasteiger partial charge on any atom is -0.354 e. The zero-order valence-electron chi connectivity index (χ0n) is 24.6. The van der Waals surface area contributed by atoms with Gasteiger partial charge < -0.3 is 16.0 Å². The predicted octanol–water partition coefficient (Wildman–Crippen LogP) is 7.84. The number of nitrogens with zero attached hydrogens (tertiary/aromatic N) is 1. The molecule has 0 bridgehead atoms. The van der Waals surface area contributed by atoms with Gasteiger partial charge in [0.2, 0.25) is 11.8 Å². The Hall–Kier alpha value is -1.62. The number of nitrogens with one attached hydrogen (secondary N) is 1. The SMILES string of the molecule is CCCC/C=C\CCCCCCCC(=O)NCCN(CCN)C(=O)CCCCCCC/C=C\CCCC. The van der Waals surface area contributed by atoms with E-state index in [1.165, 1.54) is 89.9 Å². The normalized spacial score (nSPS) is 11.5. The molecule has 216 valence electrons. The molecular formula is C32H61N3O2. The van der Waals surface area contributed by atoms with Gasteiger partial charge in [0, 0.05) is 39.0 Å². The van der Waals surface area contributed by atoms with Crippen molar-refractivity contribution in [3.8, 4) is 0 Å². The second-order valence-electron chi connectivity index (χ2n) is 10.4. The first-order valence-corrected chi connectivity index (χ1v) is 15.7. The summed E-state index contributed by atoms with van der Waals surface area (Å²) < 4.78 is 0. The van der Waals surface area contributed by atoms with Crippen molar-refractivity contribution >= 4 is 11.8 Å². The number of nitrogens with two attached hydrogens (primary N) is 1. The number of hydrogen-bond donors (Lipinski definition) is 2. The Labute approximate surface area is 230 Å². The summed E-state index contributed by atoms with van der Waals surface area (Å²) in [5, 5.41) is 2.99. The van der Waals surface area contributed by atoms with Gasteiger partial charge in [0.25, 0.3) is 0 Å². The smallest absolute Gasteiger partial charge is 0.222 e. The van der Waals surface area contributed by atoms with E-state index in [1.807, 2.05) is 4.90 Å². The molecule has 0 unspecified atom stereocenters. The third-order valence-corrected chi connectivity index (χ3v) is 6.77. The summed E-state index contributed by atoms with van der Waals surface area (Å²) in [5.74, 6) is 0.262. The third kappa shape index (κ3) is 25.8. The lowest BCUT2D eigenvalue weighted by Crippen LogP contribution is -2.41. The van der Waals surface area contributed by atoms with Crippen LogP contribution in [0.1, 0.15) is 142 Å². The zero-order chi connectivity index (χ0) is 27.2. The van der Waals surface area contributed by atoms with Crippen LogP contribution in [-0.4, -0.2) is 42.9 Å². The molecule has 0 aliphatic carbocycles. The molecule has 0 saturated heterocycles. The number of carbonyl (C=O) groups excluding carboxylic acids is 2. The molecule has 0 aromatic heterocycles. The quantitative estimate of drug-likeness (QED) is 0.0857. The molecular weight excluding hydrogens is 458 g/mol. The van der Waals surface area contributed by atoms with Gasteiger partial charge in [-0.05, 0) is 51.4 Å². The van der Waals surface area contributed by atoms with Gasteiger partial charge in [-0.15, -0.1) is 0 Å². The largest absolute Gasteiger partial charge is 0.354 e. The van der Waals surface area contributed by atoms with Gasteiger partial charge >= 0.3 is 0 Å². The van der Waals surface area contributed by atoms with Crippen molar-refractivity contribution in [2.45, 2.75) is 142 Å². The predicted molar refractivity (Wildman–Crippen MR) is 161 cm³/mol. The lowest BCUT2D eigenvalue weighted by atomic mass is 10.1. The monoisotopic (exact) mass is 519 g/mol. The topological polar surface area (TPSA) is 75.4 Å². The number of rotatable bonds is 27. The number of amides is 2. The van der Waals surface area contributed by atoms with E-state index in [9.17, 15) is 9.59 Å². The first kappa shape index (κ1) is 35.4. The Morgan fingerprint density at radius 2 is 1.08 bits per heavy atom. The highest BCUT2D eigenvalue weighted by Gasteiger charge is 2.12. The molecule has 37 heavy (non-hydrogen) atoms. The summed E-state index contributed by atoms with van der Waals surface area (Å²) in [6.07, 6.45) is 31.8. The van der Waals surface area contributed by atoms with Crippen LogP contribution in [0, 0.1) is 0 Å². The molecule has 0 aliphatic rings. The van der Waals surface area contributed by atoms with Gasteiger partial charge in [-0.2, -0.15) is 0 Å². The number of unbranched alkanes of at least 4 members (excludes halogenated alkanes) is 14. The maximum Gasteiger partial charge on any atom is 0.222 e. The van der Waals surface area contributed by atoms with Crippen molar-refractivity contribution in [2.75, 3.05) is 26.2 Å². The number of allylic oxidation sites excluding steroid dienone is 4. The Balaban J connectivity index is 3.75. The molecule has 2 amide bonds. The minimum absolute atomic E-state index is 0.0965. The maximum atomic E-state index is 12.6. The van der Waals surface area contributed by atoms with Gasteiger partial charge in [-0.25, -0.2) is 0 Å². The van der Waals surface area contributed by atoms with Crippen LogP contribution in [-0.2, 0) is 9.59 Å². The summed E-state index contributed by atoms with van der Waals surface area (Å²) in [6, 6.07) is 0. The molecule has 0 heterocycles. The van der Waals surface area contributed by atoms with Crippen LogP contribution in [0.4, 0.5) is 0 Å². The standard InChI is InChI=1S/C32H61N3O2/c1-3-5-7-9-11-13-15-17-19-21-23-25-31(36)34-28-30-35(29-27-33)32(37)26-24-22-20-18-16-14-12-10-8-6-4-2/h9-12H,3-8,13-30,33H2,1-2H3,(H,34,36)/b11-9-,12-10-. The summed E-state index contributed by atoms with van der Waals surface area (Å²) in [5.41, 5.74) is 5.72. The van der Waals surface area contributed by atoms with E-state index in [-0.39, 0.29) is 11.8 Å². The van der Waals surface area contributed by atoms with Gasteiger partial charge in [0.05, 0.1) is 0 Å². The molecule has 5 heteroatoms. The number of carbonyl (C=O) groups is 2. The first-order chi connectivity index (χ1) is 18.2. The highest BCUT2D eigenvalue weighted by Crippen LogP contribution is 2.10. The van der Waals surface area contributed by atoms with Crippen LogP contribution in [0.25, 0.3) is 0 Å². The van der Waals surface area contributed by atoms with E-state index in [2.05, 4.69) is 43.5 Å². The summed E-state index contributed by atoms with van der Waals surface area (Å²) >= 11 is 0. The molecule has 0 saturated carbocycles. The third-order valence-electron chi connectivity index (χ3n) is 6.77. The average Bonchev–Trinajstić information content (AvgIpc) is 2.89. The first-order valence-electron chi connectivity index (χ1n) is 15.7. The van der Waals surface area contributed by atoms with Crippen molar-refractivity contribution in [1.82, 2.24) is 10.2 Å². The molecule has 0 aromatic carbocycles. The van der Waals surface area contributed by atoms with Crippen molar-refractivity contribution in [1.29, 1.82) is 0 Å². The minimum atomic E-state index is 0.0965. The van der Waals surface area contributed by atoms with Gasteiger partial charge in [-0.3, -0.25) is 9.59 Å². The Morgan fingerprint density at radius 3 is 1.59 bits per heavy atom. The average molecular weight is 520 g/mol. The van der Waals surface area contributed by atoms with E-state index >= 15 is 0 Å². The fraction of sp³-hybridized carbons (Fsp3) is 0.812. The van der Waals surface area contributed by atoms with Crippen LogP contribution in [0.5, 0.6) is 0 Å². The molecule has 3 N–H and O–H groups in total. The van der Waals surface area contributed by atoms with Gasteiger partial charge in [0.1, 0.15) is 0 Å². The van der Waals surface area contributed by atoms with Crippen molar-refractivity contribution in [2.24, 2.45) is 5.73 Å². The summed E-state index contributed by atoms with van der Waals surface area (Å²) in [6.45, 7) is 6.54. The molecule has 0 spiro atoms. The lowest BCUT2D eigenvalue weighted by Gasteiger charge is -2.22. The van der Waals surface area contributed by atoms with E-state index in [1.54, 1.807) is 0 Å². The van der Waals surface area contributed by atoms with Crippen molar-refractivity contribution < 1.29 is 9.59 Å². The van der Waals surface area contributed by atoms with Crippen LogP contribution in [0.3, 0.4) is 0 Å². The maximum absolute atomic E-state index is 12.6. The summed E-state index contributed by atoms with van der Waals surface area (Å²) in [7, 11) is 0. The fourth-order valence-corrected chi connectivity index (χ4v) is 4.36. The van der Waals surface area contributed by atoms with Gasteiger partial charge in [0.15, 0.2) is 0 Å². The van der Waals surface area contributed by atoms with Crippen molar-refractivity contribution in [3.63, 3.8) is 0 Å². The van der Waals surface area contributed by atoms with E-state index < -0.39 is 0 Å². The van der Waals surface area contributed by atoms with Crippen LogP contribution < -0.4 is 11.1 Å². The molecule has 0 radical (unpaired) electrons. The van der Waals surface area contributed by atoms with E-state index in [0.717, 1.165) is 25.7 Å². The second-order valence-corrected chi connectivity index (χ2v) is 10.4. The molecule has 0 aromatic rings.